The largest absolute Gasteiger partial charge is 0.616 e. The number of hydrogen-bond donors (Lipinski definition) is 0. The maximum Gasteiger partial charge on any atom is 0.197 e. The van der Waals surface area contributed by atoms with Gasteiger partial charge >= 0.3 is 0 Å². The minimum absolute atomic E-state index is 0.0103. The number of benzene rings is 1. The van der Waals surface area contributed by atoms with Crippen molar-refractivity contribution in [2.75, 3.05) is 6.26 Å². The van der Waals surface area contributed by atoms with Gasteiger partial charge in [-0.3, -0.25) is 4.79 Å². The minimum atomic E-state index is -0.991. The predicted octanol–water partition coefficient (Wildman–Crippen LogP) is 1.42. The third kappa shape index (κ3) is 1.99. The Bertz CT molecular complexity index is 575. The van der Waals surface area contributed by atoms with Crippen molar-refractivity contribution in [2.24, 2.45) is 7.05 Å². The highest BCUT2D eigenvalue weighted by atomic mass is 32.2. The molecule has 1 aromatic carbocycles. The molecule has 1 aromatic heterocycles. The Balaban J connectivity index is 2.71. The van der Waals surface area contributed by atoms with Crippen LogP contribution >= 0.6 is 0 Å². The van der Waals surface area contributed by atoms with E-state index in [1.54, 1.807) is 18.5 Å². The maximum atomic E-state index is 12.1. The van der Waals surface area contributed by atoms with Crippen LogP contribution in [-0.4, -0.2) is 15.4 Å². The Kier molecular flexibility index (Phi) is 3.03. The Hall–Kier alpha value is -1.26. The maximum absolute atomic E-state index is 12.1. The number of hydrogen-bond acceptors (Lipinski definition) is 2. The molecule has 0 saturated heterocycles. The van der Waals surface area contributed by atoms with Gasteiger partial charge in [0.05, 0.1) is 17.3 Å². The van der Waals surface area contributed by atoms with Gasteiger partial charge in [-0.05, 0) is 12.1 Å². The van der Waals surface area contributed by atoms with Gasteiger partial charge in [0.2, 0.25) is 0 Å². The van der Waals surface area contributed by atoms with Gasteiger partial charge in [-0.2, -0.15) is 0 Å². The Labute approximate surface area is 96.9 Å². The van der Waals surface area contributed by atoms with Crippen LogP contribution in [0.25, 0.3) is 10.9 Å². The summed E-state index contributed by atoms with van der Waals surface area (Å²) in [6, 6.07) is 7.46. The van der Waals surface area contributed by atoms with Gasteiger partial charge < -0.3 is 9.12 Å². The second-order valence-electron chi connectivity index (χ2n) is 3.83. The molecule has 1 heterocycles. The highest BCUT2D eigenvalue weighted by Gasteiger charge is 2.10. The van der Waals surface area contributed by atoms with Gasteiger partial charge in [-0.1, -0.05) is 23.3 Å². The van der Waals surface area contributed by atoms with E-state index in [2.05, 4.69) is 0 Å². The van der Waals surface area contributed by atoms with E-state index in [1.807, 2.05) is 29.8 Å². The van der Waals surface area contributed by atoms with Crippen molar-refractivity contribution >= 4 is 22.1 Å². The van der Waals surface area contributed by atoms with E-state index in [0.717, 1.165) is 5.52 Å². The van der Waals surface area contributed by atoms with Crippen molar-refractivity contribution in [2.45, 2.75) is 5.75 Å². The normalized spacial score (nSPS) is 12.9. The molecule has 1 atom stereocenters. The fourth-order valence-corrected chi connectivity index (χ4v) is 2.47. The van der Waals surface area contributed by atoms with E-state index in [4.69, 9.17) is 0 Å². The van der Waals surface area contributed by atoms with Crippen LogP contribution < -0.4 is 5.43 Å². The number of pyridine rings is 1. The summed E-state index contributed by atoms with van der Waals surface area (Å²) >= 11 is -0.991. The summed E-state index contributed by atoms with van der Waals surface area (Å²) in [4.78, 5) is 12.1. The zero-order valence-electron chi connectivity index (χ0n) is 9.27. The van der Waals surface area contributed by atoms with Crippen molar-refractivity contribution < 1.29 is 4.55 Å². The molecule has 0 aliphatic carbocycles. The van der Waals surface area contributed by atoms with Crippen LogP contribution in [0.4, 0.5) is 0 Å². The summed E-state index contributed by atoms with van der Waals surface area (Å²) in [5.41, 5.74) is 1.50. The molecule has 0 N–H and O–H groups in total. The number of aromatic nitrogens is 1. The van der Waals surface area contributed by atoms with Gasteiger partial charge in [0.25, 0.3) is 0 Å². The lowest BCUT2D eigenvalue weighted by molar-refractivity contribution is 0.599. The van der Waals surface area contributed by atoms with Crippen LogP contribution in [0.15, 0.2) is 35.3 Å². The van der Waals surface area contributed by atoms with Gasteiger partial charge in [-0.15, -0.1) is 0 Å². The fraction of sp³-hybridized carbons (Fsp3) is 0.250. The third-order valence-corrected chi connectivity index (χ3v) is 3.25. The van der Waals surface area contributed by atoms with Crippen LogP contribution in [0.1, 0.15) is 5.56 Å². The van der Waals surface area contributed by atoms with Crippen molar-refractivity contribution in [3.63, 3.8) is 0 Å². The first kappa shape index (κ1) is 11.2. The molecule has 1 unspecified atom stereocenters. The zero-order chi connectivity index (χ0) is 11.7. The van der Waals surface area contributed by atoms with Crippen LogP contribution in [0, 0.1) is 0 Å². The summed E-state index contributed by atoms with van der Waals surface area (Å²) in [6.07, 6.45) is 3.38. The van der Waals surface area contributed by atoms with Crippen molar-refractivity contribution in [1.29, 1.82) is 0 Å². The molecular formula is C12H13NO2S. The number of fused-ring (bicyclic) bond motifs is 1. The predicted molar refractivity (Wildman–Crippen MR) is 67.0 cm³/mol. The van der Waals surface area contributed by atoms with E-state index in [0.29, 0.717) is 16.7 Å². The van der Waals surface area contributed by atoms with Crippen molar-refractivity contribution in [3.05, 3.63) is 46.2 Å². The van der Waals surface area contributed by atoms with Crippen LogP contribution in [0.2, 0.25) is 0 Å². The van der Waals surface area contributed by atoms with E-state index in [1.165, 1.54) is 0 Å². The Morgan fingerprint density at radius 3 is 2.75 bits per heavy atom. The fourth-order valence-electron chi connectivity index (χ4n) is 1.83. The molecule has 2 rings (SSSR count). The topological polar surface area (TPSA) is 45.1 Å². The quantitative estimate of drug-likeness (QED) is 0.739. The molecule has 3 nitrogen and oxygen atoms in total. The average Bonchev–Trinajstić information content (AvgIpc) is 2.25. The number of para-hydroxylation sites is 1. The molecule has 0 aliphatic rings. The zero-order valence-corrected chi connectivity index (χ0v) is 10.1. The van der Waals surface area contributed by atoms with E-state index in [-0.39, 0.29) is 5.43 Å². The lowest BCUT2D eigenvalue weighted by atomic mass is 10.1. The molecule has 0 amide bonds. The Morgan fingerprint density at radius 2 is 2.06 bits per heavy atom. The molecule has 0 aliphatic heterocycles. The van der Waals surface area contributed by atoms with Crippen molar-refractivity contribution in [1.82, 2.24) is 4.57 Å². The number of nitrogens with zero attached hydrogens (tertiary/aromatic N) is 1. The molecule has 2 aromatic rings. The molecule has 0 saturated carbocycles. The van der Waals surface area contributed by atoms with Gasteiger partial charge in [0.15, 0.2) is 5.43 Å². The third-order valence-electron chi connectivity index (χ3n) is 2.53. The highest BCUT2D eigenvalue weighted by Crippen LogP contribution is 2.11. The summed E-state index contributed by atoms with van der Waals surface area (Å²) in [7, 11) is 1.89. The van der Waals surface area contributed by atoms with Crippen LogP contribution in [0.5, 0.6) is 0 Å². The first-order valence-corrected chi connectivity index (χ1v) is 6.69. The standard InChI is InChI=1S/C12H13NO2S/c1-13-7-9(8-16(2)15)12(14)10-5-3-4-6-11(10)13/h3-7H,8H2,1-2H3. The average molecular weight is 235 g/mol. The van der Waals surface area contributed by atoms with E-state index < -0.39 is 11.2 Å². The first-order valence-electron chi connectivity index (χ1n) is 4.97. The lowest BCUT2D eigenvalue weighted by Crippen LogP contribution is -2.16. The van der Waals surface area contributed by atoms with E-state index >= 15 is 0 Å². The minimum Gasteiger partial charge on any atom is -0.616 e. The number of aryl methyl sites for hydroxylation is 1. The summed E-state index contributed by atoms with van der Waals surface area (Å²) < 4.78 is 13.1. The molecule has 0 radical (unpaired) electrons. The lowest BCUT2D eigenvalue weighted by Gasteiger charge is -2.09. The van der Waals surface area contributed by atoms with Gasteiger partial charge in [-0.25, -0.2) is 0 Å². The second kappa shape index (κ2) is 4.31. The van der Waals surface area contributed by atoms with Crippen molar-refractivity contribution in [3.8, 4) is 0 Å². The molecule has 0 bridgehead atoms. The smallest absolute Gasteiger partial charge is 0.197 e. The highest BCUT2D eigenvalue weighted by molar-refractivity contribution is 7.89. The van der Waals surface area contributed by atoms with Gasteiger partial charge in [0.1, 0.15) is 5.75 Å². The summed E-state index contributed by atoms with van der Waals surface area (Å²) in [6.45, 7) is 0. The molecule has 84 valence electrons. The monoisotopic (exact) mass is 235 g/mol. The SMILES string of the molecule is Cn1cc(C[S+](C)[O-])c(=O)c2ccccc21. The molecule has 0 fully saturated rings. The van der Waals surface area contributed by atoms with Gasteiger partial charge in [0, 0.05) is 18.6 Å². The Morgan fingerprint density at radius 1 is 1.38 bits per heavy atom. The molecule has 16 heavy (non-hydrogen) atoms. The second-order valence-corrected chi connectivity index (χ2v) is 5.26. The number of rotatable bonds is 2. The molecule has 0 spiro atoms. The molecule has 4 heteroatoms. The summed E-state index contributed by atoms with van der Waals surface area (Å²) in [5, 5.41) is 0.688. The van der Waals surface area contributed by atoms with Crippen LogP contribution in [0.3, 0.4) is 0 Å². The summed E-state index contributed by atoms with van der Waals surface area (Å²) in [5.74, 6) is 0.317. The molecular weight excluding hydrogens is 222 g/mol. The first-order chi connectivity index (χ1) is 7.59. The van der Waals surface area contributed by atoms with E-state index in [9.17, 15) is 9.35 Å². The van der Waals surface area contributed by atoms with Crippen LogP contribution in [-0.2, 0) is 24.0 Å².